The van der Waals surface area contributed by atoms with Gasteiger partial charge in [-0.3, -0.25) is 4.79 Å². The van der Waals surface area contributed by atoms with E-state index in [1.54, 1.807) is 27.7 Å². The van der Waals surface area contributed by atoms with Gasteiger partial charge in [0, 0.05) is 12.1 Å². The number of sulfonamides is 1. The van der Waals surface area contributed by atoms with E-state index in [4.69, 9.17) is 4.74 Å². The van der Waals surface area contributed by atoms with E-state index in [0.717, 1.165) is 0 Å². The molecule has 0 aromatic heterocycles. The Kier molecular flexibility index (Phi) is 6.50. The Morgan fingerprint density at radius 3 is 2.42 bits per heavy atom. The van der Waals surface area contributed by atoms with Crippen molar-refractivity contribution in [3.63, 3.8) is 0 Å². The van der Waals surface area contributed by atoms with Crippen LogP contribution in [-0.4, -0.2) is 38.5 Å². The van der Waals surface area contributed by atoms with E-state index < -0.39 is 33.5 Å². The number of hydrogen-bond acceptors (Lipinski definition) is 5. The Morgan fingerprint density at radius 2 is 1.88 bits per heavy atom. The van der Waals surface area contributed by atoms with E-state index in [1.807, 2.05) is 0 Å². The van der Waals surface area contributed by atoms with E-state index in [0.29, 0.717) is 6.54 Å². The molecule has 1 atom stereocenters. The molecular formula is C16H24N2O5S. The fourth-order valence-electron chi connectivity index (χ4n) is 1.85. The van der Waals surface area contributed by atoms with E-state index in [-0.39, 0.29) is 10.5 Å². The van der Waals surface area contributed by atoms with Gasteiger partial charge in [-0.2, -0.15) is 0 Å². The number of amides is 1. The second-order valence-corrected chi connectivity index (χ2v) is 8.01. The molecule has 0 unspecified atom stereocenters. The van der Waals surface area contributed by atoms with Gasteiger partial charge in [0.25, 0.3) is 5.91 Å². The lowest BCUT2D eigenvalue weighted by Crippen LogP contribution is -2.40. The smallest absolute Gasteiger partial charge is 0.338 e. The number of likely N-dealkylation sites (N-methyl/N-ethyl adjacent to an activating group) is 1. The molecule has 0 aliphatic carbocycles. The van der Waals surface area contributed by atoms with Gasteiger partial charge in [0.2, 0.25) is 10.0 Å². The summed E-state index contributed by atoms with van der Waals surface area (Å²) in [7, 11) is -3.76. The fraction of sp³-hybridized carbons (Fsp3) is 0.500. The number of ether oxygens (including phenoxy) is 1. The minimum Gasteiger partial charge on any atom is -0.449 e. The van der Waals surface area contributed by atoms with Gasteiger partial charge in [-0.25, -0.2) is 17.9 Å². The van der Waals surface area contributed by atoms with E-state index in [2.05, 4.69) is 10.0 Å². The summed E-state index contributed by atoms with van der Waals surface area (Å²) in [5, 5.41) is 2.54. The zero-order valence-electron chi connectivity index (χ0n) is 14.5. The first kappa shape index (κ1) is 20.1. The average Bonchev–Trinajstić information content (AvgIpc) is 2.45. The number of nitrogens with one attached hydrogen (secondary N) is 2. The SMILES string of the molecule is CCNC(=O)[C@H](C)OC(=O)c1cccc(S(=O)(=O)NC(C)(C)C)c1. The summed E-state index contributed by atoms with van der Waals surface area (Å²) in [6.45, 7) is 8.78. The molecule has 0 fully saturated rings. The van der Waals surface area contributed by atoms with Gasteiger partial charge in [-0.1, -0.05) is 6.07 Å². The molecule has 7 nitrogen and oxygen atoms in total. The monoisotopic (exact) mass is 356 g/mol. The molecule has 0 saturated heterocycles. The predicted molar refractivity (Wildman–Crippen MR) is 90.1 cm³/mol. The maximum Gasteiger partial charge on any atom is 0.338 e. The molecule has 0 spiro atoms. The van der Waals surface area contributed by atoms with Crippen molar-refractivity contribution in [3.05, 3.63) is 29.8 Å². The number of esters is 1. The third-order valence-corrected chi connectivity index (χ3v) is 4.58. The number of rotatable bonds is 6. The number of carbonyl (C=O) groups excluding carboxylic acids is 2. The zero-order chi connectivity index (χ0) is 18.5. The van der Waals surface area contributed by atoms with Crippen LogP contribution in [-0.2, 0) is 19.6 Å². The van der Waals surface area contributed by atoms with Gasteiger partial charge < -0.3 is 10.1 Å². The average molecular weight is 356 g/mol. The van der Waals surface area contributed by atoms with Crippen molar-refractivity contribution < 1.29 is 22.7 Å². The second kappa shape index (κ2) is 7.76. The molecule has 0 aliphatic heterocycles. The summed E-state index contributed by atoms with van der Waals surface area (Å²) in [5.74, 6) is -1.18. The molecule has 1 aromatic rings. The number of benzene rings is 1. The Balaban J connectivity index is 2.96. The van der Waals surface area contributed by atoms with Crippen LogP contribution in [0.5, 0.6) is 0 Å². The van der Waals surface area contributed by atoms with Gasteiger partial charge in [0.15, 0.2) is 6.10 Å². The Labute approximate surface area is 142 Å². The van der Waals surface area contributed by atoms with Crippen LogP contribution >= 0.6 is 0 Å². The molecule has 2 N–H and O–H groups in total. The first-order valence-electron chi connectivity index (χ1n) is 7.59. The molecule has 0 aliphatic rings. The summed E-state index contributed by atoms with van der Waals surface area (Å²) < 4.78 is 32.2. The van der Waals surface area contributed by atoms with Crippen molar-refractivity contribution in [2.45, 2.75) is 51.2 Å². The summed E-state index contributed by atoms with van der Waals surface area (Å²) in [6.07, 6.45) is -0.967. The molecule has 8 heteroatoms. The third kappa shape index (κ3) is 5.93. The third-order valence-electron chi connectivity index (χ3n) is 2.82. The molecule has 0 heterocycles. The van der Waals surface area contributed by atoms with Gasteiger partial charge in [0.05, 0.1) is 10.5 Å². The molecule has 1 aromatic carbocycles. The largest absolute Gasteiger partial charge is 0.449 e. The summed E-state index contributed by atoms with van der Waals surface area (Å²) in [5.41, 5.74) is -0.592. The highest BCUT2D eigenvalue weighted by molar-refractivity contribution is 7.89. The quantitative estimate of drug-likeness (QED) is 0.751. The van der Waals surface area contributed by atoms with Crippen molar-refractivity contribution in [1.29, 1.82) is 0 Å². The van der Waals surface area contributed by atoms with Crippen LogP contribution in [0.1, 0.15) is 45.0 Å². The molecule has 1 amide bonds. The van der Waals surface area contributed by atoms with Crippen LogP contribution in [0.3, 0.4) is 0 Å². The van der Waals surface area contributed by atoms with Crippen molar-refractivity contribution in [2.24, 2.45) is 0 Å². The minimum atomic E-state index is -3.76. The normalized spacial score (nSPS) is 13.2. The standard InChI is InChI=1S/C16H24N2O5S/c1-6-17-14(19)11(2)23-15(20)12-8-7-9-13(10-12)24(21,22)18-16(3,4)5/h7-11,18H,6H2,1-5H3,(H,17,19)/t11-/m0/s1. The maximum atomic E-state index is 12.3. The minimum absolute atomic E-state index is 0.0439. The van der Waals surface area contributed by atoms with Crippen molar-refractivity contribution in [2.75, 3.05) is 6.54 Å². The molecule has 0 radical (unpaired) electrons. The lowest BCUT2D eigenvalue weighted by Gasteiger charge is -2.20. The highest BCUT2D eigenvalue weighted by Crippen LogP contribution is 2.15. The molecule has 134 valence electrons. The van der Waals surface area contributed by atoms with Crippen LogP contribution in [0.15, 0.2) is 29.2 Å². The molecule has 1 rings (SSSR count). The van der Waals surface area contributed by atoms with Crippen LogP contribution in [0.2, 0.25) is 0 Å². The Bertz CT molecular complexity index is 707. The first-order valence-corrected chi connectivity index (χ1v) is 9.07. The van der Waals surface area contributed by atoms with E-state index in [9.17, 15) is 18.0 Å². The van der Waals surface area contributed by atoms with Crippen LogP contribution in [0, 0.1) is 0 Å². The zero-order valence-corrected chi connectivity index (χ0v) is 15.4. The molecule has 0 saturated carbocycles. The molecule has 24 heavy (non-hydrogen) atoms. The van der Waals surface area contributed by atoms with E-state index >= 15 is 0 Å². The van der Waals surface area contributed by atoms with Crippen molar-refractivity contribution in [1.82, 2.24) is 10.0 Å². The highest BCUT2D eigenvalue weighted by Gasteiger charge is 2.24. The summed E-state index contributed by atoms with van der Waals surface area (Å²) in [6, 6.07) is 5.49. The van der Waals surface area contributed by atoms with Gasteiger partial charge >= 0.3 is 5.97 Å². The number of carbonyl (C=O) groups is 2. The first-order chi connectivity index (χ1) is 11.0. The topological polar surface area (TPSA) is 102 Å². The molecular weight excluding hydrogens is 332 g/mol. The lowest BCUT2D eigenvalue weighted by molar-refractivity contribution is -0.128. The van der Waals surface area contributed by atoms with Crippen molar-refractivity contribution in [3.8, 4) is 0 Å². The van der Waals surface area contributed by atoms with Crippen LogP contribution < -0.4 is 10.0 Å². The lowest BCUT2D eigenvalue weighted by atomic mass is 10.1. The maximum absolute atomic E-state index is 12.3. The van der Waals surface area contributed by atoms with Gasteiger partial charge in [0.1, 0.15) is 0 Å². The Morgan fingerprint density at radius 1 is 1.25 bits per heavy atom. The van der Waals surface area contributed by atoms with Crippen LogP contribution in [0.4, 0.5) is 0 Å². The van der Waals surface area contributed by atoms with E-state index in [1.165, 1.54) is 31.2 Å². The fourth-order valence-corrected chi connectivity index (χ4v) is 3.32. The second-order valence-electron chi connectivity index (χ2n) is 6.33. The number of hydrogen-bond donors (Lipinski definition) is 2. The van der Waals surface area contributed by atoms with Crippen molar-refractivity contribution >= 4 is 21.9 Å². The van der Waals surface area contributed by atoms with Gasteiger partial charge in [-0.05, 0) is 52.8 Å². The van der Waals surface area contributed by atoms with Crippen LogP contribution in [0.25, 0.3) is 0 Å². The molecule has 0 bridgehead atoms. The highest BCUT2D eigenvalue weighted by atomic mass is 32.2. The summed E-state index contributed by atoms with van der Waals surface area (Å²) in [4.78, 5) is 23.7. The summed E-state index contributed by atoms with van der Waals surface area (Å²) >= 11 is 0. The van der Waals surface area contributed by atoms with Gasteiger partial charge in [-0.15, -0.1) is 0 Å². The predicted octanol–water partition coefficient (Wildman–Crippen LogP) is 1.44. The Hall–Kier alpha value is -1.93.